The molecule has 5 heteroatoms. The SMILES string of the molecule is CCc1sc(C(=O)N(CCC(N)=O)Cc2ccccc2)cc1C. The number of hydrogen-bond acceptors (Lipinski definition) is 3. The third-order valence-corrected chi connectivity index (χ3v) is 5.05. The van der Waals surface area contributed by atoms with Crippen molar-refractivity contribution in [2.75, 3.05) is 6.54 Å². The van der Waals surface area contributed by atoms with E-state index in [9.17, 15) is 9.59 Å². The molecule has 1 aromatic carbocycles. The number of aryl methyl sites for hydroxylation is 2. The van der Waals surface area contributed by atoms with Crippen molar-refractivity contribution in [3.05, 3.63) is 57.3 Å². The number of rotatable bonds is 7. The summed E-state index contributed by atoms with van der Waals surface area (Å²) < 4.78 is 0. The Bertz CT molecular complexity index is 680. The molecular weight excluding hydrogens is 308 g/mol. The Morgan fingerprint density at radius 3 is 2.48 bits per heavy atom. The predicted molar refractivity (Wildman–Crippen MR) is 93.4 cm³/mol. The van der Waals surface area contributed by atoms with E-state index >= 15 is 0 Å². The topological polar surface area (TPSA) is 63.4 Å². The minimum atomic E-state index is -0.396. The number of carbonyl (C=O) groups is 2. The molecule has 0 bridgehead atoms. The fourth-order valence-electron chi connectivity index (χ4n) is 2.43. The van der Waals surface area contributed by atoms with Crippen molar-refractivity contribution in [2.45, 2.75) is 33.2 Å². The Kier molecular flexibility index (Phi) is 5.93. The summed E-state index contributed by atoms with van der Waals surface area (Å²) in [5, 5.41) is 0. The van der Waals surface area contributed by atoms with Gasteiger partial charge in [0, 0.05) is 24.4 Å². The highest BCUT2D eigenvalue weighted by Gasteiger charge is 2.19. The number of nitrogens with two attached hydrogens (primary N) is 1. The molecule has 0 saturated carbocycles. The zero-order valence-corrected chi connectivity index (χ0v) is 14.4. The fraction of sp³-hybridized carbons (Fsp3) is 0.333. The highest BCUT2D eigenvalue weighted by atomic mass is 32.1. The number of benzene rings is 1. The predicted octanol–water partition coefficient (Wildman–Crippen LogP) is 3.14. The molecule has 0 saturated heterocycles. The standard InChI is InChI=1S/C18H22N2O2S/c1-3-15-13(2)11-16(23-15)18(22)20(10-9-17(19)21)12-14-7-5-4-6-8-14/h4-8,11H,3,9-10,12H2,1-2H3,(H2,19,21). The number of carbonyl (C=O) groups excluding carboxylic acids is 2. The third-order valence-electron chi connectivity index (χ3n) is 3.68. The molecule has 0 aliphatic rings. The van der Waals surface area contributed by atoms with Gasteiger partial charge in [0.05, 0.1) is 4.88 Å². The zero-order valence-electron chi connectivity index (χ0n) is 13.5. The van der Waals surface area contributed by atoms with Crippen LogP contribution in [0.4, 0.5) is 0 Å². The van der Waals surface area contributed by atoms with Gasteiger partial charge in [-0.25, -0.2) is 0 Å². The Hall–Kier alpha value is -2.14. The number of amides is 2. The van der Waals surface area contributed by atoms with Crippen LogP contribution in [0.25, 0.3) is 0 Å². The van der Waals surface area contributed by atoms with Crippen LogP contribution < -0.4 is 5.73 Å². The maximum Gasteiger partial charge on any atom is 0.264 e. The van der Waals surface area contributed by atoms with E-state index in [4.69, 9.17) is 5.73 Å². The van der Waals surface area contributed by atoms with Crippen molar-refractivity contribution in [1.82, 2.24) is 4.90 Å². The molecule has 122 valence electrons. The fourth-order valence-corrected chi connectivity index (χ4v) is 3.52. The van der Waals surface area contributed by atoms with E-state index < -0.39 is 5.91 Å². The Morgan fingerprint density at radius 2 is 1.91 bits per heavy atom. The van der Waals surface area contributed by atoms with Crippen molar-refractivity contribution in [3.8, 4) is 0 Å². The first-order valence-corrected chi connectivity index (χ1v) is 8.53. The van der Waals surface area contributed by atoms with E-state index in [-0.39, 0.29) is 12.3 Å². The minimum absolute atomic E-state index is 0.0390. The maximum absolute atomic E-state index is 12.8. The first kappa shape index (κ1) is 17.2. The maximum atomic E-state index is 12.8. The second-order valence-corrected chi connectivity index (χ2v) is 6.64. The van der Waals surface area contributed by atoms with Crippen molar-refractivity contribution >= 4 is 23.2 Å². The number of thiophene rings is 1. The van der Waals surface area contributed by atoms with Gasteiger partial charge in [-0.1, -0.05) is 37.3 Å². The molecule has 2 amide bonds. The Labute approximate surface area is 140 Å². The van der Waals surface area contributed by atoms with Crippen LogP contribution in [0.2, 0.25) is 0 Å². The van der Waals surface area contributed by atoms with E-state index in [0.29, 0.717) is 13.1 Å². The van der Waals surface area contributed by atoms with Crippen LogP contribution in [0, 0.1) is 6.92 Å². The molecule has 0 aliphatic carbocycles. The summed E-state index contributed by atoms with van der Waals surface area (Å²) in [5.74, 6) is -0.435. The summed E-state index contributed by atoms with van der Waals surface area (Å²) in [4.78, 5) is 27.6. The van der Waals surface area contributed by atoms with Crippen molar-refractivity contribution in [2.24, 2.45) is 5.73 Å². The molecule has 0 aliphatic heterocycles. The summed E-state index contributed by atoms with van der Waals surface area (Å²) in [5.41, 5.74) is 7.43. The van der Waals surface area contributed by atoms with Gasteiger partial charge in [0.15, 0.2) is 0 Å². The first-order valence-electron chi connectivity index (χ1n) is 7.72. The highest BCUT2D eigenvalue weighted by Crippen LogP contribution is 2.24. The smallest absolute Gasteiger partial charge is 0.264 e. The van der Waals surface area contributed by atoms with Gasteiger partial charge in [-0.3, -0.25) is 9.59 Å². The molecule has 23 heavy (non-hydrogen) atoms. The van der Waals surface area contributed by atoms with Crippen molar-refractivity contribution < 1.29 is 9.59 Å². The lowest BCUT2D eigenvalue weighted by Crippen LogP contribution is -2.33. The molecule has 2 aromatic rings. The van der Waals surface area contributed by atoms with E-state index in [2.05, 4.69) is 6.92 Å². The summed E-state index contributed by atoms with van der Waals surface area (Å²) in [6, 6.07) is 11.7. The number of hydrogen-bond donors (Lipinski definition) is 1. The van der Waals surface area contributed by atoms with Crippen LogP contribution in [0.15, 0.2) is 36.4 Å². The van der Waals surface area contributed by atoms with Gasteiger partial charge in [-0.05, 0) is 30.5 Å². The van der Waals surface area contributed by atoms with Crippen LogP contribution in [0.1, 0.15) is 39.0 Å². The minimum Gasteiger partial charge on any atom is -0.370 e. The van der Waals surface area contributed by atoms with Gasteiger partial charge >= 0.3 is 0 Å². The molecule has 1 aromatic heterocycles. The molecule has 0 fully saturated rings. The highest BCUT2D eigenvalue weighted by molar-refractivity contribution is 7.14. The molecule has 4 nitrogen and oxygen atoms in total. The summed E-state index contributed by atoms with van der Waals surface area (Å²) in [6.07, 6.45) is 1.09. The van der Waals surface area contributed by atoms with E-state index in [0.717, 1.165) is 22.4 Å². The zero-order chi connectivity index (χ0) is 16.8. The van der Waals surface area contributed by atoms with Gasteiger partial charge in [0.2, 0.25) is 5.91 Å². The molecule has 2 N–H and O–H groups in total. The second-order valence-electron chi connectivity index (χ2n) is 5.50. The molecule has 2 rings (SSSR count). The molecular formula is C18H22N2O2S. The number of primary amides is 1. The van der Waals surface area contributed by atoms with Crippen molar-refractivity contribution in [3.63, 3.8) is 0 Å². The Balaban J connectivity index is 2.20. The van der Waals surface area contributed by atoms with E-state index in [1.807, 2.05) is 43.3 Å². The van der Waals surface area contributed by atoms with Gasteiger partial charge in [-0.15, -0.1) is 11.3 Å². The average molecular weight is 330 g/mol. The van der Waals surface area contributed by atoms with Crippen LogP contribution >= 0.6 is 11.3 Å². The molecule has 1 heterocycles. The molecule has 0 spiro atoms. The largest absolute Gasteiger partial charge is 0.370 e. The van der Waals surface area contributed by atoms with Crippen LogP contribution in [0.3, 0.4) is 0 Å². The Morgan fingerprint density at radius 1 is 1.22 bits per heavy atom. The van der Waals surface area contributed by atoms with Crippen LogP contribution in [-0.4, -0.2) is 23.3 Å². The molecule has 0 radical (unpaired) electrons. The lowest BCUT2D eigenvalue weighted by Gasteiger charge is -2.21. The monoisotopic (exact) mass is 330 g/mol. The van der Waals surface area contributed by atoms with Crippen LogP contribution in [-0.2, 0) is 17.8 Å². The summed E-state index contributed by atoms with van der Waals surface area (Å²) >= 11 is 1.53. The van der Waals surface area contributed by atoms with Gasteiger partial charge < -0.3 is 10.6 Å². The molecule has 0 unspecified atom stereocenters. The lowest BCUT2D eigenvalue weighted by atomic mass is 10.2. The van der Waals surface area contributed by atoms with E-state index in [1.54, 1.807) is 4.90 Å². The van der Waals surface area contributed by atoms with Gasteiger partial charge in [0.1, 0.15) is 0 Å². The van der Waals surface area contributed by atoms with E-state index in [1.165, 1.54) is 16.2 Å². The first-order chi connectivity index (χ1) is 11.0. The third kappa shape index (κ3) is 4.66. The van der Waals surface area contributed by atoms with Gasteiger partial charge in [0.25, 0.3) is 5.91 Å². The second kappa shape index (κ2) is 7.92. The van der Waals surface area contributed by atoms with Crippen LogP contribution in [0.5, 0.6) is 0 Å². The number of nitrogens with zero attached hydrogens (tertiary/aromatic N) is 1. The van der Waals surface area contributed by atoms with Gasteiger partial charge in [-0.2, -0.15) is 0 Å². The quantitative estimate of drug-likeness (QED) is 0.847. The lowest BCUT2D eigenvalue weighted by molar-refractivity contribution is -0.118. The average Bonchev–Trinajstić information content (AvgIpc) is 2.92. The molecule has 0 atom stereocenters. The van der Waals surface area contributed by atoms with Crippen molar-refractivity contribution in [1.29, 1.82) is 0 Å². The summed E-state index contributed by atoms with van der Waals surface area (Å²) in [6.45, 7) is 4.92. The normalized spacial score (nSPS) is 10.5. The summed E-state index contributed by atoms with van der Waals surface area (Å²) in [7, 11) is 0.